The third-order valence-corrected chi connectivity index (χ3v) is 6.65. The predicted molar refractivity (Wildman–Crippen MR) is 125 cm³/mol. The van der Waals surface area contributed by atoms with Gasteiger partial charge in [0, 0.05) is 20.1 Å². The molecule has 2 aliphatic rings. The molecule has 1 saturated carbocycles. The van der Waals surface area contributed by atoms with Gasteiger partial charge in [0.25, 0.3) is 0 Å². The summed E-state index contributed by atoms with van der Waals surface area (Å²) in [5.41, 5.74) is 8.65. The van der Waals surface area contributed by atoms with Crippen LogP contribution in [-0.2, 0) is 4.74 Å². The van der Waals surface area contributed by atoms with E-state index < -0.39 is 0 Å². The van der Waals surface area contributed by atoms with Crippen LogP contribution < -0.4 is 16.3 Å². The molecule has 0 spiro atoms. The maximum absolute atomic E-state index is 12.5. The maximum Gasteiger partial charge on any atom is 0.410 e. The minimum Gasteiger partial charge on any atom is -0.489 e. The molecule has 1 aliphatic heterocycles. The number of hydrogen-bond acceptors (Lipinski definition) is 7. The number of hydrazine groups is 1. The summed E-state index contributed by atoms with van der Waals surface area (Å²) < 4.78 is 11.7. The number of nitrogens with zero attached hydrogens (tertiary/aromatic N) is 3. The Labute approximate surface area is 191 Å². The van der Waals surface area contributed by atoms with E-state index in [0.717, 1.165) is 43.8 Å². The van der Waals surface area contributed by atoms with Crippen LogP contribution in [0.5, 0.6) is 5.75 Å². The monoisotopic (exact) mass is 445 g/mol. The third kappa shape index (κ3) is 6.06. The van der Waals surface area contributed by atoms with Crippen LogP contribution in [0.1, 0.15) is 63.8 Å². The molecular weight excluding hydrogens is 406 g/mol. The lowest BCUT2D eigenvalue weighted by Gasteiger charge is -2.24. The second-order valence-electron chi connectivity index (χ2n) is 9.42. The van der Waals surface area contributed by atoms with Gasteiger partial charge >= 0.3 is 6.09 Å². The van der Waals surface area contributed by atoms with Crippen LogP contribution >= 0.6 is 0 Å². The molecule has 4 N–H and O–H groups in total. The number of pyridine rings is 1. The van der Waals surface area contributed by atoms with E-state index in [1.807, 2.05) is 19.1 Å². The molecule has 8 nitrogen and oxygen atoms in total. The number of carbonyl (C=O) groups is 1. The first-order valence-electron chi connectivity index (χ1n) is 11.8. The number of likely N-dealkylation sites (tertiary alicyclic amines) is 1. The first-order chi connectivity index (χ1) is 15.3. The lowest BCUT2D eigenvalue weighted by molar-refractivity contribution is 0.111. The molecule has 2 fully saturated rings. The minimum atomic E-state index is -0.333. The quantitative estimate of drug-likeness (QED) is 0.487. The number of hydrogen-bond donors (Lipinski definition) is 2. The highest BCUT2D eigenvalue weighted by Crippen LogP contribution is 2.27. The van der Waals surface area contributed by atoms with E-state index in [2.05, 4.69) is 18.8 Å². The summed E-state index contributed by atoms with van der Waals surface area (Å²) in [4.78, 5) is 18.9. The van der Waals surface area contributed by atoms with Crippen LogP contribution in [0.3, 0.4) is 0 Å². The van der Waals surface area contributed by atoms with Crippen molar-refractivity contribution in [1.29, 1.82) is 0 Å². The third-order valence-electron chi connectivity index (χ3n) is 6.65. The summed E-state index contributed by atoms with van der Waals surface area (Å²) in [7, 11) is 1.67. The van der Waals surface area contributed by atoms with Crippen LogP contribution in [0, 0.1) is 18.8 Å². The van der Waals surface area contributed by atoms with E-state index in [1.165, 1.54) is 24.3 Å². The topological polar surface area (TPSA) is 107 Å². The zero-order chi connectivity index (χ0) is 23.3. The molecule has 2 heterocycles. The fourth-order valence-electron chi connectivity index (χ4n) is 4.42. The first-order valence-corrected chi connectivity index (χ1v) is 11.8. The Balaban J connectivity index is 1.66. The molecule has 1 aliphatic carbocycles. The SMILES string of the molecule is Cc1nc(/C(N)=C(\COC(=O)N2CCC(C(C)C)C2)N(C)N)ccc1OC1CCCCC1. The van der Waals surface area contributed by atoms with E-state index in [9.17, 15) is 4.79 Å². The average Bonchev–Trinajstić information content (AvgIpc) is 3.26. The average molecular weight is 446 g/mol. The smallest absolute Gasteiger partial charge is 0.410 e. The Morgan fingerprint density at radius 3 is 2.56 bits per heavy atom. The Morgan fingerprint density at radius 1 is 1.25 bits per heavy atom. The van der Waals surface area contributed by atoms with Crippen molar-refractivity contribution in [3.63, 3.8) is 0 Å². The van der Waals surface area contributed by atoms with Crippen LogP contribution in [-0.4, -0.2) is 53.8 Å². The van der Waals surface area contributed by atoms with Gasteiger partial charge in [-0.3, -0.25) is 0 Å². The highest BCUT2D eigenvalue weighted by Gasteiger charge is 2.29. The number of aromatic nitrogens is 1. The molecule has 0 bridgehead atoms. The van der Waals surface area contributed by atoms with Gasteiger partial charge < -0.3 is 25.1 Å². The molecule has 32 heavy (non-hydrogen) atoms. The maximum atomic E-state index is 12.5. The summed E-state index contributed by atoms with van der Waals surface area (Å²) in [6.07, 6.45) is 6.82. The summed E-state index contributed by atoms with van der Waals surface area (Å²) in [5, 5.41) is 1.38. The summed E-state index contributed by atoms with van der Waals surface area (Å²) in [6, 6.07) is 3.75. The summed E-state index contributed by atoms with van der Waals surface area (Å²) >= 11 is 0. The summed E-state index contributed by atoms with van der Waals surface area (Å²) in [5.74, 6) is 7.86. The van der Waals surface area contributed by atoms with Crippen molar-refractivity contribution in [2.75, 3.05) is 26.7 Å². The zero-order valence-electron chi connectivity index (χ0n) is 20.0. The van der Waals surface area contributed by atoms with Crippen molar-refractivity contribution in [2.45, 2.75) is 65.4 Å². The number of amides is 1. The number of aryl methyl sites for hydroxylation is 1. The van der Waals surface area contributed by atoms with E-state index in [1.54, 1.807) is 11.9 Å². The second-order valence-corrected chi connectivity index (χ2v) is 9.42. The summed E-state index contributed by atoms with van der Waals surface area (Å²) in [6.45, 7) is 7.72. The number of rotatable bonds is 7. The molecular formula is C24H39N5O3. The molecule has 1 saturated heterocycles. The number of carbonyl (C=O) groups excluding carboxylic acids is 1. The Hall–Kier alpha value is -2.48. The van der Waals surface area contributed by atoms with Crippen molar-refractivity contribution >= 4 is 11.8 Å². The van der Waals surface area contributed by atoms with Crippen molar-refractivity contribution in [1.82, 2.24) is 14.9 Å². The van der Waals surface area contributed by atoms with Gasteiger partial charge in [-0.1, -0.05) is 20.3 Å². The predicted octanol–water partition coefficient (Wildman–Crippen LogP) is 3.65. The normalized spacial score (nSPS) is 20.3. The van der Waals surface area contributed by atoms with Crippen LogP contribution in [0.15, 0.2) is 17.8 Å². The molecule has 0 aromatic carbocycles. The molecule has 8 heteroatoms. The van der Waals surface area contributed by atoms with E-state index in [0.29, 0.717) is 28.9 Å². The van der Waals surface area contributed by atoms with E-state index >= 15 is 0 Å². The van der Waals surface area contributed by atoms with Crippen molar-refractivity contribution in [3.05, 3.63) is 29.2 Å². The van der Waals surface area contributed by atoms with Gasteiger partial charge in [-0.15, -0.1) is 0 Å². The molecule has 1 aromatic rings. The van der Waals surface area contributed by atoms with Crippen LogP contribution in [0.25, 0.3) is 5.70 Å². The van der Waals surface area contributed by atoms with Gasteiger partial charge in [0.15, 0.2) is 0 Å². The second kappa shape index (κ2) is 10.9. The Kier molecular flexibility index (Phi) is 8.23. The minimum absolute atomic E-state index is 0.0123. The van der Waals surface area contributed by atoms with Gasteiger partial charge in [0.2, 0.25) is 0 Å². The van der Waals surface area contributed by atoms with Gasteiger partial charge in [-0.25, -0.2) is 15.6 Å². The molecule has 1 unspecified atom stereocenters. The molecule has 0 radical (unpaired) electrons. The standard InChI is InChI=1S/C24H39N5O3/c1-16(2)18-12-13-29(14-18)24(30)31-15-21(28(4)26)23(25)20-10-11-22(17(3)27-20)32-19-8-6-5-7-9-19/h10-11,16,18-19H,5-9,12-15,25-26H2,1-4H3/b23-21-. The molecule has 1 aromatic heterocycles. The highest BCUT2D eigenvalue weighted by atomic mass is 16.6. The van der Waals surface area contributed by atoms with Gasteiger partial charge in [0.1, 0.15) is 12.4 Å². The first kappa shape index (κ1) is 24.2. The van der Waals surface area contributed by atoms with Crippen molar-refractivity contribution in [3.8, 4) is 5.75 Å². The zero-order valence-corrected chi connectivity index (χ0v) is 20.0. The molecule has 1 atom stereocenters. The largest absolute Gasteiger partial charge is 0.489 e. The molecule has 3 rings (SSSR count). The Morgan fingerprint density at radius 2 is 1.97 bits per heavy atom. The lowest BCUT2D eigenvalue weighted by Crippen LogP contribution is -2.34. The van der Waals surface area contributed by atoms with Crippen molar-refractivity contribution in [2.24, 2.45) is 23.4 Å². The van der Waals surface area contributed by atoms with Crippen LogP contribution in [0.4, 0.5) is 4.79 Å². The highest BCUT2D eigenvalue weighted by molar-refractivity contribution is 5.69. The Bertz CT molecular complexity index is 818. The molecule has 178 valence electrons. The van der Waals surface area contributed by atoms with E-state index in [-0.39, 0.29) is 18.8 Å². The van der Waals surface area contributed by atoms with Crippen LogP contribution in [0.2, 0.25) is 0 Å². The van der Waals surface area contributed by atoms with Gasteiger partial charge in [-0.2, -0.15) is 0 Å². The number of ether oxygens (including phenoxy) is 2. The van der Waals surface area contributed by atoms with Gasteiger partial charge in [0.05, 0.1) is 28.9 Å². The van der Waals surface area contributed by atoms with Gasteiger partial charge in [-0.05, 0) is 63.0 Å². The number of likely N-dealkylation sites (N-methyl/N-ethyl adjacent to an activating group) is 1. The fourth-order valence-corrected chi connectivity index (χ4v) is 4.42. The fraction of sp³-hybridized carbons (Fsp3) is 0.667. The van der Waals surface area contributed by atoms with Crippen molar-refractivity contribution < 1.29 is 14.3 Å². The molecule has 1 amide bonds. The van der Waals surface area contributed by atoms with E-state index in [4.69, 9.17) is 21.1 Å². The lowest BCUT2D eigenvalue weighted by atomic mass is 9.95. The number of nitrogens with two attached hydrogens (primary N) is 2.